The van der Waals surface area contributed by atoms with E-state index in [1.807, 2.05) is 36.1 Å². The molecule has 1 aliphatic heterocycles. The van der Waals surface area contributed by atoms with Crippen molar-refractivity contribution in [1.29, 1.82) is 0 Å². The third-order valence-corrected chi connectivity index (χ3v) is 5.41. The minimum absolute atomic E-state index is 0.00573. The molecule has 154 valence electrons. The monoisotopic (exact) mass is 393 g/mol. The summed E-state index contributed by atoms with van der Waals surface area (Å²) in [7, 11) is 0. The molecule has 2 N–H and O–H groups in total. The zero-order valence-corrected chi connectivity index (χ0v) is 17.8. The molecule has 3 amide bonds. The summed E-state index contributed by atoms with van der Waals surface area (Å²) >= 11 is 0. The number of urea groups is 1. The third kappa shape index (κ3) is 5.37. The van der Waals surface area contributed by atoms with E-state index in [2.05, 4.69) is 55.7 Å². The summed E-state index contributed by atoms with van der Waals surface area (Å²) in [6.07, 6.45) is 1.93. The molecule has 2 aromatic carbocycles. The Morgan fingerprint density at radius 1 is 1.10 bits per heavy atom. The zero-order valence-electron chi connectivity index (χ0n) is 17.8. The van der Waals surface area contributed by atoms with Crippen LogP contribution >= 0.6 is 0 Å². The highest BCUT2D eigenvalue weighted by Crippen LogP contribution is 2.33. The van der Waals surface area contributed by atoms with Crippen LogP contribution in [-0.2, 0) is 10.2 Å². The van der Waals surface area contributed by atoms with Crippen molar-refractivity contribution in [1.82, 2.24) is 10.2 Å². The number of amides is 3. The van der Waals surface area contributed by atoms with Crippen LogP contribution in [0.5, 0.6) is 0 Å². The molecular weight excluding hydrogens is 362 g/mol. The van der Waals surface area contributed by atoms with E-state index in [0.29, 0.717) is 5.69 Å². The fourth-order valence-electron chi connectivity index (χ4n) is 3.77. The van der Waals surface area contributed by atoms with Crippen molar-refractivity contribution in [2.45, 2.75) is 52.0 Å². The van der Waals surface area contributed by atoms with Gasteiger partial charge < -0.3 is 15.5 Å². The lowest BCUT2D eigenvalue weighted by atomic mass is 9.86. The maximum atomic E-state index is 12.7. The minimum Gasteiger partial charge on any atom is -0.334 e. The SMILES string of the molecule is Cc1cccc(NC(=O)NCC(=O)N2CCCC2c2ccc(C(C)(C)C)cc2)c1. The van der Waals surface area contributed by atoms with Gasteiger partial charge in [-0.1, -0.05) is 57.2 Å². The Morgan fingerprint density at radius 2 is 1.83 bits per heavy atom. The highest BCUT2D eigenvalue weighted by atomic mass is 16.2. The molecule has 1 fully saturated rings. The zero-order chi connectivity index (χ0) is 21.0. The standard InChI is InChI=1S/C24H31N3O2/c1-17-7-5-8-20(15-17)26-23(29)25-16-22(28)27-14-6-9-21(27)18-10-12-19(13-11-18)24(2,3)4/h5,7-8,10-13,15,21H,6,9,14,16H2,1-4H3,(H2,25,26,29). The fraction of sp³-hybridized carbons (Fsp3) is 0.417. The van der Waals surface area contributed by atoms with Gasteiger partial charge in [-0.25, -0.2) is 4.79 Å². The maximum absolute atomic E-state index is 12.7. The molecule has 5 nitrogen and oxygen atoms in total. The molecule has 2 aromatic rings. The van der Waals surface area contributed by atoms with Gasteiger partial charge in [0.25, 0.3) is 0 Å². The summed E-state index contributed by atoms with van der Waals surface area (Å²) in [4.78, 5) is 26.8. The Bertz CT molecular complexity index is 868. The molecular formula is C24H31N3O2. The van der Waals surface area contributed by atoms with Gasteiger partial charge in [-0.05, 0) is 54.0 Å². The summed E-state index contributed by atoms with van der Waals surface area (Å²) < 4.78 is 0. The van der Waals surface area contributed by atoms with E-state index in [1.165, 1.54) is 5.56 Å². The van der Waals surface area contributed by atoms with Gasteiger partial charge in [-0.3, -0.25) is 4.79 Å². The van der Waals surface area contributed by atoms with E-state index < -0.39 is 0 Å². The topological polar surface area (TPSA) is 61.4 Å². The number of aryl methyl sites for hydroxylation is 1. The molecule has 3 rings (SSSR count). The molecule has 0 aromatic heterocycles. The average molecular weight is 394 g/mol. The summed E-state index contributed by atoms with van der Waals surface area (Å²) in [5.74, 6) is -0.0493. The number of likely N-dealkylation sites (tertiary alicyclic amines) is 1. The van der Waals surface area contributed by atoms with E-state index in [9.17, 15) is 9.59 Å². The van der Waals surface area contributed by atoms with Crippen molar-refractivity contribution in [2.24, 2.45) is 0 Å². The van der Waals surface area contributed by atoms with E-state index >= 15 is 0 Å². The van der Waals surface area contributed by atoms with Crippen LogP contribution in [0.2, 0.25) is 0 Å². The quantitative estimate of drug-likeness (QED) is 0.785. The predicted molar refractivity (Wildman–Crippen MR) is 117 cm³/mol. The number of rotatable bonds is 4. The van der Waals surface area contributed by atoms with Gasteiger partial charge in [-0.2, -0.15) is 0 Å². The van der Waals surface area contributed by atoms with Gasteiger partial charge >= 0.3 is 6.03 Å². The van der Waals surface area contributed by atoms with Crippen LogP contribution in [0.4, 0.5) is 10.5 Å². The van der Waals surface area contributed by atoms with Crippen LogP contribution in [0.25, 0.3) is 0 Å². The molecule has 1 atom stereocenters. The second kappa shape index (κ2) is 8.68. The van der Waals surface area contributed by atoms with E-state index in [0.717, 1.165) is 30.5 Å². The molecule has 5 heteroatoms. The predicted octanol–water partition coefficient (Wildman–Crippen LogP) is 4.78. The normalized spacial score (nSPS) is 16.6. The van der Waals surface area contributed by atoms with Crippen LogP contribution in [0.3, 0.4) is 0 Å². The van der Waals surface area contributed by atoms with E-state index in [4.69, 9.17) is 0 Å². The Morgan fingerprint density at radius 3 is 2.48 bits per heavy atom. The van der Waals surface area contributed by atoms with Crippen molar-refractivity contribution >= 4 is 17.6 Å². The number of hydrogen-bond acceptors (Lipinski definition) is 2. The average Bonchev–Trinajstić information content (AvgIpc) is 3.15. The first kappa shape index (κ1) is 20.9. The Hall–Kier alpha value is -2.82. The van der Waals surface area contributed by atoms with Gasteiger partial charge in [0, 0.05) is 12.2 Å². The molecule has 1 heterocycles. The van der Waals surface area contributed by atoms with E-state index in [-0.39, 0.29) is 29.9 Å². The molecule has 1 aliphatic rings. The number of nitrogens with zero attached hydrogens (tertiary/aromatic N) is 1. The first-order chi connectivity index (χ1) is 13.7. The molecule has 0 radical (unpaired) electrons. The molecule has 0 spiro atoms. The van der Waals surface area contributed by atoms with Gasteiger partial charge in [0.05, 0.1) is 12.6 Å². The van der Waals surface area contributed by atoms with Gasteiger partial charge in [0.1, 0.15) is 0 Å². The highest BCUT2D eigenvalue weighted by Gasteiger charge is 2.30. The van der Waals surface area contributed by atoms with Crippen molar-refractivity contribution in [3.63, 3.8) is 0 Å². The highest BCUT2D eigenvalue weighted by molar-refractivity contribution is 5.92. The Balaban J connectivity index is 1.57. The first-order valence-electron chi connectivity index (χ1n) is 10.3. The molecule has 29 heavy (non-hydrogen) atoms. The Kier molecular flexibility index (Phi) is 6.26. The summed E-state index contributed by atoms with van der Waals surface area (Å²) in [6, 6.07) is 15.9. The molecule has 1 unspecified atom stereocenters. The molecule has 1 saturated heterocycles. The van der Waals surface area contributed by atoms with Crippen LogP contribution in [0.15, 0.2) is 48.5 Å². The van der Waals surface area contributed by atoms with Gasteiger partial charge in [0.2, 0.25) is 5.91 Å². The number of nitrogens with one attached hydrogen (secondary N) is 2. The van der Waals surface area contributed by atoms with Gasteiger partial charge in [0.15, 0.2) is 0 Å². The molecule has 0 saturated carbocycles. The molecule has 0 aliphatic carbocycles. The van der Waals surface area contributed by atoms with E-state index in [1.54, 1.807) is 0 Å². The number of anilines is 1. The van der Waals surface area contributed by atoms with Crippen LogP contribution < -0.4 is 10.6 Å². The van der Waals surface area contributed by atoms with Crippen LogP contribution in [0, 0.1) is 6.92 Å². The largest absolute Gasteiger partial charge is 0.334 e. The third-order valence-electron chi connectivity index (χ3n) is 5.41. The summed E-state index contributed by atoms with van der Waals surface area (Å²) in [5, 5.41) is 5.46. The number of carbonyl (C=O) groups is 2. The smallest absolute Gasteiger partial charge is 0.319 e. The second-order valence-corrected chi connectivity index (χ2v) is 8.79. The maximum Gasteiger partial charge on any atom is 0.319 e. The lowest BCUT2D eigenvalue weighted by Gasteiger charge is -2.26. The number of benzene rings is 2. The Labute approximate surface area is 173 Å². The lowest BCUT2D eigenvalue weighted by molar-refractivity contribution is -0.131. The van der Waals surface area contributed by atoms with Crippen molar-refractivity contribution in [2.75, 3.05) is 18.4 Å². The molecule has 0 bridgehead atoms. The summed E-state index contributed by atoms with van der Waals surface area (Å²) in [5.41, 5.74) is 4.34. The fourth-order valence-corrected chi connectivity index (χ4v) is 3.77. The van der Waals surface area contributed by atoms with Crippen molar-refractivity contribution in [3.05, 3.63) is 65.2 Å². The number of carbonyl (C=O) groups excluding carboxylic acids is 2. The van der Waals surface area contributed by atoms with Crippen LogP contribution in [-0.4, -0.2) is 29.9 Å². The lowest BCUT2D eigenvalue weighted by Crippen LogP contribution is -2.41. The summed E-state index contributed by atoms with van der Waals surface area (Å²) in [6.45, 7) is 9.27. The van der Waals surface area contributed by atoms with Crippen LogP contribution in [0.1, 0.15) is 56.3 Å². The minimum atomic E-state index is -0.366. The number of hydrogen-bond donors (Lipinski definition) is 2. The van der Waals surface area contributed by atoms with Gasteiger partial charge in [-0.15, -0.1) is 0 Å². The second-order valence-electron chi connectivity index (χ2n) is 8.79. The first-order valence-corrected chi connectivity index (χ1v) is 10.3. The van der Waals surface area contributed by atoms with Crippen molar-refractivity contribution < 1.29 is 9.59 Å². The van der Waals surface area contributed by atoms with Crippen molar-refractivity contribution in [3.8, 4) is 0 Å².